The number of nitrogens with zero attached hydrogens (tertiary/aromatic N) is 2. The lowest BCUT2D eigenvalue weighted by atomic mass is 9.94. The predicted octanol–water partition coefficient (Wildman–Crippen LogP) is 4.67. The maximum Gasteiger partial charge on any atom is 0.303 e. The molecule has 1 N–H and O–H groups in total. The number of aliphatic carboxylic acids is 1. The molecule has 0 radical (unpaired) electrons. The fourth-order valence-corrected chi connectivity index (χ4v) is 3.42. The summed E-state index contributed by atoms with van der Waals surface area (Å²) >= 11 is 0. The molecular formula is C22H34N2O3. The van der Waals surface area contributed by atoms with Crippen molar-refractivity contribution in [3.8, 4) is 5.75 Å². The minimum Gasteiger partial charge on any atom is -0.481 e. The van der Waals surface area contributed by atoms with Gasteiger partial charge >= 0.3 is 5.97 Å². The molecule has 1 aliphatic rings. The summed E-state index contributed by atoms with van der Waals surface area (Å²) in [4.78, 5) is 18.1. The Morgan fingerprint density at radius 3 is 2.22 bits per heavy atom. The third kappa shape index (κ3) is 6.65. The summed E-state index contributed by atoms with van der Waals surface area (Å²) in [5.41, 5.74) is 2.28. The molecule has 1 aliphatic heterocycles. The fourth-order valence-electron chi connectivity index (χ4n) is 3.42. The van der Waals surface area contributed by atoms with Crippen molar-refractivity contribution in [2.24, 2.45) is 4.99 Å². The third-order valence-electron chi connectivity index (χ3n) is 5.00. The van der Waals surface area contributed by atoms with Gasteiger partial charge in [-0.1, -0.05) is 45.9 Å². The number of hydrogen-bond donors (Lipinski definition) is 1. The van der Waals surface area contributed by atoms with Crippen molar-refractivity contribution in [1.29, 1.82) is 0 Å². The Morgan fingerprint density at radius 2 is 1.70 bits per heavy atom. The van der Waals surface area contributed by atoms with Crippen molar-refractivity contribution in [2.75, 3.05) is 26.2 Å². The molecule has 150 valence electrons. The Hall–Kier alpha value is -1.88. The summed E-state index contributed by atoms with van der Waals surface area (Å²) in [5, 5.41) is 9.09. The van der Waals surface area contributed by atoms with Gasteiger partial charge in [-0.05, 0) is 48.9 Å². The molecule has 5 nitrogen and oxygen atoms in total. The van der Waals surface area contributed by atoms with Gasteiger partial charge in [-0.3, -0.25) is 9.79 Å². The topological polar surface area (TPSA) is 62.1 Å². The van der Waals surface area contributed by atoms with Crippen LogP contribution in [0, 0.1) is 0 Å². The molecule has 0 spiro atoms. The first-order chi connectivity index (χ1) is 12.9. The molecule has 1 aromatic rings. The van der Waals surface area contributed by atoms with E-state index in [0.717, 1.165) is 36.5 Å². The number of likely N-dealkylation sites (tertiary alicyclic amines) is 1. The average Bonchev–Trinajstić information content (AvgIpc) is 3.12. The smallest absolute Gasteiger partial charge is 0.303 e. The standard InChI is InChI=1S/C22H34N2O3/c1-16(2)18-8-7-9-19(17(3)4)22(18)27-20(10-11-21(25)26)23-12-15-24-13-5-6-14-24/h7-9,16-17H,5-6,10-15H2,1-4H3,(H,25,26). The number of carbonyl (C=O) groups is 1. The van der Waals surface area contributed by atoms with Crippen molar-refractivity contribution >= 4 is 11.9 Å². The maximum absolute atomic E-state index is 11.1. The van der Waals surface area contributed by atoms with E-state index < -0.39 is 5.97 Å². The van der Waals surface area contributed by atoms with Crippen LogP contribution in [0.1, 0.15) is 76.3 Å². The number of hydrogen-bond acceptors (Lipinski definition) is 4. The molecule has 0 aromatic heterocycles. The molecule has 27 heavy (non-hydrogen) atoms. The largest absolute Gasteiger partial charge is 0.481 e. The first kappa shape index (κ1) is 21.4. The van der Waals surface area contributed by atoms with Crippen molar-refractivity contribution in [2.45, 2.75) is 65.2 Å². The van der Waals surface area contributed by atoms with Crippen molar-refractivity contribution in [3.05, 3.63) is 29.3 Å². The first-order valence-electron chi connectivity index (χ1n) is 10.2. The minimum atomic E-state index is -0.827. The van der Waals surface area contributed by atoms with Gasteiger partial charge in [0.1, 0.15) is 5.75 Å². The van der Waals surface area contributed by atoms with E-state index in [9.17, 15) is 4.79 Å². The van der Waals surface area contributed by atoms with Crippen molar-refractivity contribution < 1.29 is 14.6 Å². The summed E-state index contributed by atoms with van der Waals surface area (Å²) in [6.45, 7) is 12.4. The number of rotatable bonds is 9. The van der Waals surface area contributed by atoms with Crippen LogP contribution in [0.4, 0.5) is 0 Å². The Morgan fingerprint density at radius 1 is 1.11 bits per heavy atom. The van der Waals surface area contributed by atoms with E-state index in [4.69, 9.17) is 9.84 Å². The molecule has 5 heteroatoms. The van der Waals surface area contributed by atoms with Crippen LogP contribution in [-0.2, 0) is 4.79 Å². The highest BCUT2D eigenvalue weighted by Gasteiger charge is 2.18. The molecule has 1 heterocycles. The summed E-state index contributed by atoms with van der Waals surface area (Å²) in [7, 11) is 0. The van der Waals surface area contributed by atoms with E-state index in [1.807, 2.05) is 0 Å². The Bertz CT molecular complexity index is 621. The van der Waals surface area contributed by atoms with Gasteiger partial charge in [0.25, 0.3) is 0 Å². The normalized spacial score (nSPS) is 15.7. The lowest BCUT2D eigenvalue weighted by molar-refractivity contribution is -0.136. The van der Waals surface area contributed by atoms with E-state index in [2.05, 4.69) is 55.8 Å². The second-order valence-corrected chi connectivity index (χ2v) is 7.89. The van der Waals surface area contributed by atoms with Gasteiger partial charge in [-0.15, -0.1) is 0 Å². The van der Waals surface area contributed by atoms with Crippen molar-refractivity contribution in [1.82, 2.24) is 4.90 Å². The van der Waals surface area contributed by atoms with Crippen LogP contribution in [0.25, 0.3) is 0 Å². The van der Waals surface area contributed by atoms with Crippen LogP contribution in [0.15, 0.2) is 23.2 Å². The number of aliphatic imine (C=N–C) groups is 1. The minimum absolute atomic E-state index is 0.0312. The first-order valence-corrected chi connectivity index (χ1v) is 10.2. The molecule has 0 aliphatic carbocycles. The van der Waals surface area contributed by atoms with E-state index in [1.165, 1.54) is 12.8 Å². The molecule has 0 saturated carbocycles. The van der Waals surface area contributed by atoms with Gasteiger partial charge in [0, 0.05) is 13.0 Å². The molecule has 1 fully saturated rings. The average molecular weight is 375 g/mol. The highest BCUT2D eigenvalue weighted by molar-refractivity contribution is 5.83. The molecule has 0 atom stereocenters. The lowest BCUT2D eigenvalue weighted by Gasteiger charge is -2.20. The number of ether oxygens (including phenoxy) is 1. The Kier molecular flexibility index (Phi) is 8.29. The van der Waals surface area contributed by atoms with Gasteiger partial charge < -0.3 is 14.7 Å². The zero-order valence-electron chi connectivity index (χ0n) is 17.2. The van der Waals surface area contributed by atoms with Gasteiger partial charge in [0.15, 0.2) is 5.90 Å². The van der Waals surface area contributed by atoms with Crippen LogP contribution in [0.5, 0.6) is 5.75 Å². The zero-order chi connectivity index (χ0) is 19.8. The molecule has 0 amide bonds. The van der Waals surface area contributed by atoms with E-state index in [-0.39, 0.29) is 6.42 Å². The quantitative estimate of drug-likeness (QED) is 0.504. The van der Waals surface area contributed by atoms with Crippen LogP contribution in [-0.4, -0.2) is 48.1 Å². The van der Waals surface area contributed by atoms with Gasteiger partial charge in [0.05, 0.1) is 13.0 Å². The lowest BCUT2D eigenvalue weighted by Crippen LogP contribution is -2.23. The van der Waals surface area contributed by atoms with Crippen LogP contribution < -0.4 is 4.74 Å². The molecule has 0 unspecified atom stereocenters. The molecular weight excluding hydrogens is 340 g/mol. The number of para-hydroxylation sites is 1. The maximum atomic E-state index is 11.1. The second kappa shape index (κ2) is 10.5. The second-order valence-electron chi connectivity index (χ2n) is 7.89. The van der Waals surface area contributed by atoms with Gasteiger partial charge in [-0.2, -0.15) is 0 Å². The highest BCUT2D eigenvalue weighted by atomic mass is 16.5. The third-order valence-corrected chi connectivity index (χ3v) is 5.00. The SMILES string of the molecule is CC(C)c1cccc(C(C)C)c1OC(CCC(=O)O)=NCCN1CCCC1. The van der Waals surface area contributed by atoms with E-state index in [0.29, 0.717) is 30.7 Å². The number of carboxylic acid groups (broad SMARTS) is 1. The van der Waals surface area contributed by atoms with Gasteiger partial charge in [0.2, 0.25) is 0 Å². The summed E-state index contributed by atoms with van der Waals surface area (Å²) in [5.74, 6) is 1.21. The van der Waals surface area contributed by atoms with Crippen LogP contribution >= 0.6 is 0 Å². The summed E-state index contributed by atoms with van der Waals surface area (Å²) < 4.78 is 6.28. The van der Waals surface area contributed by atoms with E-state index in [1.54, 1.807) is 0 Å². The van der Waals surface area contributed by atoms with Crippen LogP contribution in [0.2, 0.25) is 0 Å². The van der Waals surface area contributed by atoms with E-state index >= 15 is 0 Å². The number of benzene rings is 1. The molecule has 0 bridgehead atoms. The molecule has 2 rings (SSSR count). The predicted molar refractivity (Wildman–Crippen MR) is 110 cm³/mol. The monoisotopic (exact) mass is 374 g/mol. The van der Waals surface area contributed by atoms with Gasteiger partial charge in [-0.25, -0.2) is 0 Å². The molecule has 1 saturated heterocycles. The zero-order valence-corrected chi connectivity index (χ0v) is 17.2. The highest BCUT2D eigenvalue weighted by Crippen LogP contribution is 2.34. The van der Waals surface area contributed by atoms with Crippen LogP contribution in [0.3, 0.4) is 0 Å². The van der Waals surface area contributed by atoms with Crippen molar-refractivity contribution in [3.63, 3.8) is 0 Å². The molecule has 1 aromatic carbocycles. The Labute approximate surface area is 163 Å². The summed E-state index contributed by atoms with van der Waals surface area (Å²) in [6.07, 6.45) is 2.86. The number of carboxylic acids is 1. The summed E-state index contributed by atoms with van der Waals surface area (Å²) in [6, 6.07) is 6.24. The Balaban J connectivity index is 2.20. The fraction of sp³-hybridized carbons (Fsp3) is 0.636.